The van der Waals surface area contributed by atoms with Gasteiger partial charge in [0, 0.05) is 17.8 Å². The average Bonchev–Trinajstić information content (AvgIpc) is 3.18. The van der Waals surface area contributed by atoms with E-state index < -0.39 is 10.0 Å². The van der Waals surface area contributed by atoms with Crippen LogP contribution in [0.4, 0.5) is 5.69 Å². The molecule has 0 saturated heterocycles. The fourth-order valence-electron chi connectivity index (χ4n) is 2.05. The molecule has 8 heteroatoms. The van der Waals surface area contributed by atoms with Gasteiger partial charge in [-0.2, -0.15) is 0 Å². The topological polar surface area (TPSA) is 76.9 Å². The number of nitrogens with zero attached hydrogens (tertiary/aromatic N) is 3. The zero-order valence-electron chi connectivity index (χ0n) is 11.8. The van der Waals surface area contributed by atoms with Gasteiger partial charge >= 0.3 is 0 Å². The Morgan fingerprint density at radius 1 is 1.27 bits per heavy atom. The van der Waals surface area contributed by atoms with Gasteiger partial charge in [0.2, 0.25) is 0 Å². The summed E-state index contributed by atoms with van der Waals surface area (Å²) in [5.41, 5.74) is 1.31. The van der Waals surface area contributed by atoms with Crippen LogP contribution in [-0.4, -0.2) is 23.2 Å². The SMILES string of the molecule is CCn1cnnc1-c1cccc(NS(=O)(=O)c2cccs2)c1. The Kier molecular flexibility index (Phi) is 3.95. The molecule has 1 N–H and O–H groups in total. The molecular formula is C14H14N4O2S2. The van der Waals surface area contributed by atoms with E-state index in [2.05, 4.69) is 14.9 Å². The molecule has 0 radical (unpaired) electrons. The summed E-state index contributed by atoms with van der Waals surface area (Å²) in [7, 11) is -3.55. The Bertz CT molecular complexity index is 870. The van der Waals surface area contributed by atoms with Gasteiger partial charge in [0.25, 0.3) is 10.0 Å². The summed E-state index contributed by atoms with van der Waals surface area (Å²) in [4.78, 5) is 0. The maximum atomic E-state index is 12.2. The lowest BCUT2D eigenvalue weighted by Gasteiger charge is -2.08. The summed E-state index contributed by atoms with van der Waals surface area (Å²) in [6, 6.07) is 10.4. The van der Waals surface area contributed by atoms with Gasteiger partial charge in [-0.25, -0.2) is 8.42 Å². The second-order valence-corrected chi connectivity index (χ2v) is 7.42. The first kappa shape index (κ1) is 14.7. The second kappa shape index (κ2) is 5.90. The zero-order valence-corrected chi connectivity index (χ0v) is 13.4. The van der Waals surface area contributed by atoms with Crippen molar-refractivity contribution in [1.29, 1.82) is 0 Å². The molecule has 3 aromatic rings. The Hall–Kier alpha value is -2.19. The van der Waals surface area contributed by atoms with E-state index in [4.69, 9.17) is 0 Å². The summed E-state index contributed by atoms with van der Waals surface area (Å²) in [6.45, 7) is 2.74. The van der Waals surface area contributed by atoms with Crippen LogP contribution in [0.1, 0.15) is 6.92 Å². The number of benzene rings is 1. The van der Waals surface area contributed by atoms with Crippen molar-refractivity contribution >= 4 is 27.0 Å². The van der Waals surface area contributed by atoms with Gasteiger partial charge in [-0.3, -0.25) is 4.72 Å². The van der Waals surface area contributed by atoms with Crippen LogP contribution in [0.25, 0.3) is 11.4 Å². The minimum absolute atomic E-state index is 0.287. The molecule has 0 fully saturated rings. The molecule has 3 rings (SSSR count). The van der Waals surface area contributed by atoms with Crippen molar-refractivity contribution in [1.82, 2.24) is 14.8 Å². The number of nitrogens with one attached hydrogen (secondary N) is 1. The maximum absolute atomic E-state index is 12.2. The van der Waals surface area contributed by atoms with Crippen LogP contribution in [0, 0.1) is 0 Å². The molecule has 2 aromatic heterocycles. The lowest BCUT2D eigenvalue weighted by Crippen LogP contribution is -2.11. The molecule has 0 amide bonds. The molecular weight excluding hydrogens is 320 g/mol. The van der Waals surface area contributed by atoms with E-state index in [1.54, 1.807) is 42.0 Å². The summed E-state index contributed by atoms with van der Waals surface area (Å²) >= 11 is 1.18. The van der Waals surface area contributed by atoms with Gasteiger partial charge in [-0.1, -0.05) is 18.2 Å². The monoisotopic (exact) mass is 334 g/mol. The quantitative estimate of drug-likeness (QED) is 0.778. The smallest absolute Gasteiger partial charge is 0.271 e. The third-order valence-corrected chi connectivity index (χ3v) is 5.87. The third kappa shape index (κ3) is 2.88. The molecule has 0 atom stereocenters. The molecule has 0 aliphatic carbocycles. The summed E-state index contributed by atoms with van der Waals surface area (Å²) < 4.78 is 29.3. The highest BCUT2D eigenvalue weighted by atomic mass is 32.2. The van der Waals surface area contributed by atoms with Gasteiger partial charge < -0.3 is 4.57 Å². The predicted molar refractivity (Wildman–Crippen MR) is 86.3 cm³/mol. The Balaban J connectivity index is 1.92. The Morgan fingerprint density at radius 3 is 2.86 bits per heavy atom. The number of thiophene rings is 1. The van der Waals surface area contributed by atoms with E-state index in [1.807, 2.05) is 17.6 Å². The highest BCUT2D eigenvalue weighted by Gasteiger charge is 2.15. The molecule has 0 bridgehead atoms. The first-order valence-corrected chi connectivity index (χ1v) is 9.01. The van der Waals surface area contributed by atoms with Crippen LogP contribution in [-0.2, 0) is 16.6 Å². The van der Waals surface area contributed by atoms with E-state index in [9.17, 15) is 8.42 Å². The van der Waals surface area contributed by atoms with E-state index in [0.29, 0.717) is 11.5 Å². The zero-order chi connectivity index (χ0) is 15.6. The fourth-order valence-corrected chi connectivity index (χ4v) is 4.10. The molecule has 0 spiro atoms. The molecule has 1 aromatic carbocycles. The summed E-state index contributed by atoms with van der Waals surface area (Å²) in [5.74, 6) is 0.708. The lowest BCUT2D eigenvalue weighted by molar-refractivity contribution is 0.603. The van der Waals surface area contributed by atoms with Gasteiger partial charge in [0.1, 0.15) is 10.5 Å². The molecule has 0 aliphatic rings. The molecule has 0 aliphatic heterocycles. The first-order chi connectivity index (χ1) is 10.6. The number of hydrogen-bond donors (Lipinski definition) is 1. The molecule has 0 unspecified atom stereocenters. The van der Waals surface area contributed by atoms with E-state index >= 15 is 0 Å². The van der Waals surface area contributed by atoms with Crippen LogP contribution in [0.15, 0.2) is 52.3 Å². The minimum Gasteiger partial charge on any atom is -0.314 e. The number of anilines is 1. The highest BCUT2D eigenvalue weighted by molar-refractivity contribution is 7.94. The average molecular weight is 334 g/mol. The predicted octanol–water partition coefficient (Wildman–Crippen LogP) is 2.83. The summed E-state index contributed by atoms with van der Waals surface area (Å²) in [6.07, 6.45) is 1.65. The van der Waals surface area contributed by atoms with Crippen LogP contribution in [0.2, 0.25) is 0 Å². The maximum Gasteiger partial charge on any atom is 0.271 e. The molecule has 114 valence electrons. The first-order valence-electron chi connectivity index (χ1n) is 6.65. The Morgan fingerprint density at radius 2 is 2.14 bits per heavy atom. The minimum atomic E-state index is -3.55. The fraction of sp³-hybridized carbons (Fsp3) is 0.143. The standard InChI is InChI=1S/C14H14N4O2S2/c1-2-18-10-15-16-14(18)11-5-3-6-12(9-11)17-22(19,20)13-7-4-8-21-13/h3-10,17H,2H2,1H3. The van der Waals surface area contributed by atoms with Crippen molar-refractivity contribution in [3.8, 4) is 11.4 Å². The number of sulfonamides is 1. The van der Waals surface area contributed by atoms with Gasteiger partial charge in [-0.15, -0.1) is 21.5 Å². The van der Waals surface area contributed by atoms with Crippen LogP contribution >= 0.6 is 11.3 Å². The summed E-state index contributed by atoms with van der Waals surface area (Å²) in [5, 5.41) is 9.70. The molecule has 0 saturated carbocycles. The van der Waals surface area contributed by atoms with Gasteiger partial charge in [-0.05, 0) is 30.5 Å². The van der Waals surface area contributed by atoms with E-state index in [0.717, 1.165) is 12.1 Å². The van der Waals surface area contributed by atoms with Crippen LogP contribution < -0.4 is 4.72 Å². The molecule has 2 heterocycles. The highest BCUT2D eigenvalue weighted by Crippen LogP contribution is 2.24. The van der Waals surface area contributed by atoms with Crippen molar-refractivity contribution in [2.75, 3.05) is 4.72 Å². The number of rotatable bonds is 5. The molecule has 6 nitrogen and oxygen atoms in total. The normalized spacial score (nSPS) is 11.5. The third-order valence-electron chi connectivity index (χ3n) is 3.09. The lowest BCUT2D eigenvalue weighted by atomic mass is 10.2. The largest absolute Gasteiger partial charge is 0.314 e. The van der Waals surface area contributed by atoms with Crippen molar-refractivity contribution in [3.63, 3.8) is 0 Å². The van der Waals surface area contributed by atoms with Gasteiger partial charge in [0.15, 0.2) is 5.82 Å². The van der Waals surface area contributed by atoms with Crippen molar-refractivity contribution in [3.05, 3.63) is 48.1 Å². The van der Waals surface area contributed by atoms with Crippen molar-refractivity contribution in [2.24, 2.45) is 0 Å². The number of aryl methyl sites for hydroxylation is 1. The van der Waals surface area contributed by atoms with Crippen LogP contribution in [0.3, 0.4) is 0 Å². The molecule has 22 heavy (non-hydrogen) atoms. The van der Waals surface area contributed by atoms with E-state index in [-0.39, 0.29) is 4.21 Å². The number of aromatic nitrogens is 3. The van der Waals surface area contributed by atoms with Crippen LogP contribution in [0.5, 0.6) is 0 Å². The van der Waals surface area contributed by atoms with Crippen molar-refractivity contribution in [2.45, 2.75) is 17.7 Å². The van der Waals surface area contributed by atoms with Gasteiger partial charge in [0.05, 0.1) is 0 Å². The van der Waals surface area contributed by atoms with Crippen molar-refractivity contribution < 1.29 is 8.42 Å². The second-order valence-electron chi connectivity index (χ2n) is 4.56. The van der Waals surface area contributed by atoms with E-state index in [1.165, 1.54) is 11.3 Å². The number of hydrogen-bond acceptors (Lipinski definition) is 5. The Labute approximate surface area is 132 Å².